The van der Waals surface area contributed by atoms with Crippen LogP contribution in [-0.4, -0.2) is 44.6 Å². The molecule has 1 atom stereocenters. The summed E-state index contributed by atoms with van der Waals surface area (Å²) in [6.07, 6.45) is 2.32. The Balaban J connectivity index is 1.78. The summed E-state index contributed by atoms with van der Waals surface area (Å²) in [5.74, 6) is -0.0321. The summed E-state index contributed by atoms with van der Waals surface area (Å²) >= 11 is 0. The van der Waals surface area contributed by atoms with Crippen LogP contribution < -0.4 is 15.6 Å². The van der Waals surface area contributed by atoms with E-state index in [1.807, 2.05) is 5.32 Å². The first kappa shape index (κ1) is 18.5. The highest BCUT2D eigenvalue weighted by atomic mass is 19.4. The highest BCUT2D eigenvalue weighted by molar-refractivity contribution is 5.90. The molecule has 142 valence electrons. The summed E-state index contributed by atoms with van der Waals surface area (Å²) in [5.41, 5.74) is 1.36. The standard InChI is InChI=1S/C16H16F3N7O/c1-2-11(15(27)23-7-16(17,18)19)25-12-3-4-21-14(26-12)10-6-22-13-9(10)5-20-8-24-13/h3-6,8,11H,2,7H2,1H3,(H,23,27)(H,20,22,24)(H,21,25,26)/p+1/t11-/m1/s1. The third-order valence-electron chi connectivity index (χ3n) is 3.80. The number of carbonyl (C=O) groups is 1. The SMILES string of the molecule is CC[C@@H](Nc1ccnc(-c2c[nH]c3nc[nH+]cc23)n1)C(=O)NCC(F)(F)F. The zero-order chi connectivity index (χ0) is 19.4. The van der Waals surface area contributed by atoms with E-state index in [-0.39, 0.29) is 6.42 Å². The average molecular weight is 380 g/mol. The lowest BCUT2D eigenvalue weighted by Gasteiger charge is -2.18. The van der Waals surface area contributed by atoms with Gasteiger partial charge in [-0.25, -0.2) is 15.0 Å². The summed E-state index contributed by atoms with van der Waals surface area (Å²) in [7, 11) is 0. The van der Waals surface area contributed by atoms with E-state index in [9.17, 15) is 18.0 Å². The summed E-state index contributed by atoms with van der Waals surface area (Å²) in [6, 6.07) is 0.690. The number of aromatic nitrogens is 5. The zero-order valence-corrected chi connectivity index (χ0v) is 14.3. The second-order valence-corrected chi connectivity index (χ2v) is 5.74. The van der Waals surface area contributed by atoms with Crippen LogP contribution >= 0.6 is 0 Å². The van der Waals surface area contributed by atoms with Crippen molar-refractivity contribution in [2.75, 3.05) is 11.9 Å². The molecule has 11 heteroatoms. The molecule has 0 aliphatic carbocycles. The van der Waals surface area contributed by atoms with Gasteiger partial charge in [-0.2, -0.15) is 13.2 Å². The first-order valence-electron chi connectivity index (χ1n) is 8.15. The molecule has 8 nitrogen and oxygen atoms in total. The first-order valence-corrected chi connectivity index (χ1v) is 8.15. The number of aromatic amines is 2. The predicted octanol–water partition coefficient (Wildman–Crippen LogP) is 1.70. The fraction of sp³-hybridized carbons (Fsp3) is 0.312. The Labute approximate surface area is 151 Å². The molecule has 0 aromatic carbocycles. The summed E-state index contributed by atoms with van der Waals surface area (Å²) in [6.45, 7) is 0.311. The second kappa shape index (κ2) is 7.56. The molecular formula is C16H17F3N7O+. The summed E-state index contributed by atoms with van der Waals surface area (Å²) < 4.78 is 36.8. The maximum absolute atomic E-state index is 12.3. The van der Waals surface area contributed by atoms with Crippen LogP contribution in [0.1, 0.15) is 13.3 Å². The Morgan fingerprint density at radius 3 is 2.93 bits per heavy atom. The fourth-order valence-corrected chi connectivity index (χ4v) is 2.49. The minimum absolute atomic E-state index is 0.287. The number of fused-ring (bicyclic) bond motifs is 1. The van der Waals surface area contributed by atoms with E-state index in [0.717, 1.165) is 5.39 Å². The van der Waals surface area contributed by atoms with Gasteiger partial charge in [0, 0.05) is 12.4 Å². The number of nitrogens with one attached hydrogen (secondary N) is 4. The van der Waals surface area contributed by atoms with Crippen LogP contribution in [0.2, 0.25) is 0 Å². The van der Waals surface area contributed by atoms with Gasteiger partial charge in [0.2, 0.25) is 5.91 Å². The summed E-state index contributed by atoms with van der Waals surface area (Å²) in [5, 5.41) is 5.51. The van der Waals surface area contributed by atoms with Crippen molar-refractivity contribution in [3.8, 4) is 11.4 Å². The number of hydrogen-bond acceptors (Lipinski definition) is 5. The number of anilines is 1. The predicted molar refractivity (Wildman–Crippen MR) is 90.4 cm³/mol. The largest absolute Gasteiger partial charge is 0.405 e. The molecule has 4 N–H and O–H groups in total. The van der Waals surface area contributed by atoms with Gasteiger partial charge < -0.3 is 15.6 Å². The number of amides is 1. The Bertz CT molecular complexity index is 941. The molecule has 1 amide bonds. The van der Waals surface area contributed by atoms with Gasteiger partial charge in [-0.05, 0) is 17.5 Å². The molecule has 0 saturated carbocycles. The van der Waals surface area contributed by atoms with Gasteiger partial charge in [0.05, 0.1) is 10.9 Å². The van der Waals surface area contributed by atoms with Crippen molar-refractivity contribution in [3.05, 3.63) is 31.0 Å². The highest BCUT2D eigenvalue weighted by Gasteiger charge is 2.29. The maximum atomic E-state index is 12.3. The Morgan fingerprint density at radius 1 is 1.37 bits per heavy atom. The molecule has 0 aliphatic heterocycles. The Morgan fingerprint density at radius 2 is 2.19 bits per heavy atom. The lowest BCUT2D eigenvalue weighted by Crippen LogP contribution is -2.43. The number of H-pyrrole nitrogens is 2. The van der Waals surface area contributed by atoms with Gasteiger partial charge in [-0.1, -0.05) is 6.92 Å². The third-order valence-corrected chi connectivity index (χ3v) is 3.80. The minimum Gasteiger partial charge on any atom is -0.358 e. The van der Waals surface area contributed by atoms with Crippen LogP contribution in [0.5, 0.6) is 0 Å². The van der Waals surface area contributed by atoms with Gasteiger partial charge in [-0.15, -0.1) is 0 Å². The van der Waals surface area contributed by atoms with E-state index < -0.39 is 24.7 Å². The summed E-state index contributed by atoms with van der Waals surface area (Å²) in [4.78, 5) is 30.6. The Hall–Kier alpha value is -3.24. The number of carbonyl (C=O) groups excluding carboxylic acids is 1. The topological polar surface area (TPSA) is 110 Å². The molecule has 3 aromatic rings. The van der Waals surface area contributed by atoms with Crippen LogP contribution in [0.15, 0.2) is 31.0 Å². The van der Waals surface area contributed by atoms with Gasteiger partial charge in [0.25, 0.3) is 12.0 Å². The number of hydrogen-bond donors (Lipinski definition) is 3. The van der Waals surface area contributed by atoms with Crippen molar-refractivity contribution in [1.29, 1.82) is 0 Å². The van der Waals surface area contributed by atoms with E-state index in [1.54, 1.807) is 25.4 Å². The molecule has 0 saturated heterocycles. The molecule has 3 rings (SSSR count). The van der Waals surface area contributed by atoms with E-state index in [4.69, 9.17) is 0 Å². The molecule has 0 spiro atoms. The molecule has 0 aliphatic rings. The number of alkyl halides is 3. The smallest absolute Gasteiger partial charge is 0.358 e. The van der Waals surface area contributed by atoms with Crippen LogP contribution in [0, 0.1) is 0 Å². The fourth-order valence-electron chi connectivity index (χ4n) is 2.49. The van der Waals surface area contributed by atoms with E-state index in [0.29, 0.717) is 22.9 Å². The molecule has 0 unspecified atom stereocenters. The van der Waals surface area contributed by atoms with Gasteiger partial charge >= 0.3 is 6.18 Å². The van der Waals surface area contributed by atoms with Crippen LogP contribution in [0.3, 0.4) is 0 Å². The monoisotopic (exact) mass is 380 g/mol. The van der Waals surface area contributed by atoms with E-state index in [1.165, 1.54) is 12.5 Å². The maximum Gasteiger partial charge on any atom is 0.405 e. The molecule has 0 bridgehead atoms. The van der Waals surface area contributed by atoms with Crippen molar-refractivity contribution >= 4 is 22.8 Å². The van der Waals surface area contributed by atoms with Gasteiger partial charge in [0.1, 0.15) is 24.6 Å². The zero-order valence-electron chi connectivity index (χ0n) is 14.3. The Kier molecular flexibility index (Phi) is 5.19. The highest BCUT2D eigenvalue weighted by Crippen LogP contribution is 2.24. The van der Waals surface area contributed by atoms with Crippen molar-refractivity contribution in [2.24, 2.45) is 0 Å². The number of nitrogens with zero attached hydrogens (tertiary/aromatic N) is 3. The van der Waals surface area contributed by atoms with E-state index >= 15 is 0 Å². The van der Waals surface area contributed by atoms with Crippen LogP contribution in [-0.2, 0) is 4.79 Å². The first-order chi connectivity index (χ1) is 12.9. The number of rotatable bonds is 6. The van der Waals surface area contributed by atoms with Crippen molar-refractivity contribution in [1.82, 2.24) is 25.3 Å². The molecule has 0 radical (unpaired) electrons. The molecule has 27 heavy (non-hydrogen) atoms. The van der Waals surface area contributed by atoms with Crippen LogP contribution in [0.4, 0.5) is 19.0 Å². The third kappa shape index (κ3) is 4.49. The van der Waals surface area contributed by atoms with Crippen LogP contribution in [0.25, 0.3) is 22.4 Å². The van der Waals surface area contributed by atoms with Gasteiger partial charge in [-0.3, -0.25) is 4.79 Å². The lowest BCUT2D eigenvalue weighted by molar-refractivity contribution is -0.380. The minimum atomic E-state index is -4.46. The quantitative estimate of drug-likeness (QED) is 0.603. The molecule has 0 fully saturated rings. The van der Waals surface area contributed by atoms with Gasteiger partial charge in [0.15, 0.2) is 5.82 Å². The number of halogens is 3. The van der Waals surface area contributed by atoms with Crippen molar-refractivity contribution in [3.63, 3.8) is 0 Å². The van der Waals surface area contributed by atoms with Crippen molar-refractivity contribution in [2.45, 2.75) is 25.6 Å². The molecule has 3 heterocycles. The average Bonchev–Trinajstić information content (AvgIpc) is 3.08. The molecular weight excluding hydrogens is 363 g/mol. The van der Waals surface area contributed by atoms with E-state index in [2.05, 4.69) is 30.2 Å². The van der Waals surface area contributed by atoms with Crippen molar-refractivity contribution < 1.29 is 22.9 Å². The molecule has 3 aromatic heterocycles. The normalized spacial score (nSPS) is 12.7. The lowest BCUT2D eigenvalue weighted by atomic mass is 10.2. The second-order valence-electron chi connectivity index (χ2n) is 5.74.